The average molecular weight is 381 g/mol. The number of urea groups is 1. The highest BCUT2D eigenvalue weighted by Gasteiger charge is 2.53. The Morgan fingerprint density at radius 3 is 2.48 bits per heavy atom. The molecule has 1 aliphatic heterocycles. The molecule has 0 unspecified atom stereocenters. The molecule has 1 aromatic rings. The third-order valence-electron chi connectivity index (χ3n) is 4.07. The molecular weight excluding hydrogens is 365 g/mol. The molecule has 2 atom stereocenters. The number of carbonyl (C=O) groups excluding carboxylic acids is 1. The maximum atomic E-state index is 13.0. The van der Waals surface area contributed by atoms with Crippen molar-refractivity contribution in [1.29, 1.82) is 0 Å². The number of methoxy groups -OCH3 is 1. The van der Waals surface area contributed by atoms with Crippen LogP contribution in [0.2, 0.25) is 5.02 Å². The molecule has 6 nitrogen and oxygen atoms in total. The van der Waals surface area contributed by atoms with Crippen LogP contribution in [0.4, 0.5) is 23.7 Å². The average Bonchev–Trinajstić information content (AvgIpc) is 2.96. The number of anilines is 1. The van der Waals surface area contributed by atoms with Crippen molar-refractivity contribution in [2.45, 2.75) is 13.1 Å². The number of alkyl halides is 3. The molecule has 1 aromatic carbocycles. The fourth-order valence-corrected chi connectivity index (χ4v) is 2.83. The van der Waals surface area contributed by atoms with Gasteiger partial charge in [0.05, 0.1) is 24.6 Å². The number of nitrogens with zero attached hydrogens (tertiary/aromatic N) is 1. The largest absolute Gasteiger partial charge is 0.495 e. The van der Waals surface area contributed by atoms with Gasteiger partial charge in [-0.15, -0.1) is 0 Å². The number of carboxylic acids is 1. The van der Waals surface area contributed by atoms with Gasteiger partial charge < -0.3 is 20.1 Å². The van der Waals surface area contributed by atoms with Gasteiger partial charge in [0.15, 0.2) is 0 Å². The fourth-order valence-electron chi connectivity index (χ4n) is 2.68. The third-order valence-corrected chi connectivity index (χ3v) is 4.47. The van der Waals surface area contributed by atoms with Crippen molar-refractivity contribution < 1.29 is 32.6 Å². The van der Waals surface area contributed by atoms with Gasteiger partial charge in [-0.1, -0.05) is 11.6 Å². The minimum atomic E-state index is -4.70. The second-order valence-corrected chi connectivity index (χ2v) is 6.14. The zero-order chi connectivity index (χ0) is 18.9. The molecule has 1 aliphatic rings. The molecule has 0 bridgehead atoms. The second-order valence-electron chi connectivity index (χ2n) is 5.73. The summed E-state index contributed by atoms with van der Waals surface area (Å²) in [6.45, 7) is 0.439. The van der Waals surface area contributed by atoms with Gasteiger partial charge in [-0.3, -0.25) is 4.79 Å². The number of aliphatic carboxylic acids is 1. The van der Waals surface area contributed by atoms with E-state index in [1.807, 2.05) is 0 Å². The molecule has 2 amide bonds. The molecule has 0 saturated carbocycles. The lowest BCUT2D eigenvalue weighted by Gasteiger charge is -2.19. The summed E-state index contributed by atoms with van der Waals surface area (Å²) < 4.78 is 44.1. The van der Waals surface area contributed by atoms with E-state index in [4.69, 9.17) is 21.4 Å². The summed E-state index contributed by atoms with van der Waals surface area (Å²) in [5.74, 6) is -5.15. The van der Waals surface area contributed by atoms with Gasteiger partial charge in [0, 0.05) is 24.2 Å². The topological polar surface area (TPSA) is 78.9 Å². The number of carboxylic acid groups (broad SMARTS) is 1. The van der Waals surface area contributed by atoms with Crippen molar-refractivity contribution in [2.24, 2.45) is 11.8 Å². The number of hydrogen-bond acceptors (Lipinski definition) is 3. The molecule has 2 N–H and O–H groups in total. The maximum Gasteiger partial charge on any atom is 0.394 e. The van der Waals surface area contributed by atoms with E-state index in [1.165, 1.54) is 19.2 Å². The van der Waals surface area contributed by atoms with Gasteiger partial charge >= 0.3 is 18.2 Å². The van der Waals surface area contributed by atoms with Gasteiger partial charge in [0.25, 0.3) is 0 Å². The minimum absolute atomic E-state index is 0.233. The van der Waals surface area contributed by atoms with Crippen LogP contribution in [0.25, 0.3) is 0 Å². The number of nitrogens with one attached hydrogen (secondary N) is 1. The predicted octanol–water partition coefficient (Wildman–Crippen LogP) is 3.38. The van der Waals surface area contributed by atoms with Crippen molar-refractivity contribution in [3.8, 4) is 5.75 Å². The molecule has 10 heteroatoms. The molecule has 0 radical (unpaired) electrons. The third kappa shape index (κ3) is 4.09. The van der Waals surface area contributed by atoms with E-state index in [9.17, 15) is 22.8 Å². The second kappa shape index (κ2) is 6.99. The number of amides is 2. The first-order chi connectivity index (χ1) is 11.5. The lowest BCUT2D eigenvalue weighted by Crippen LogP contribution is -2.35. The Labute approximate surface area is 146 Å². The van der Waals surface area contributed by atoms with Crippen molar-refractivity contribution in [3.05, 3.63) is 22.7 Å². The summed E-state index contributed by atoms with van der Waals surface area (Å²) in [5.41, 5.74) is 0.868. The fraction of sp³-hybridized carbons (Fsp3) is 0.467. The zero-order valence-corrected chi connectivity index (χ0v) is 14.1. The molecular formula is C15H16ClF3N2O4. The number of hydrogen-bond donors (Lipinski definition) is 2. The van der Waals surface area contributed by atoms with Crippen molar-refractivity contribution in [1.82, 2.24) is 4.90 Å². The first-order valence-corrected chi connectivity index (χ1v) is 7.62. The highest BCUT2D eigenvalue weighted by Crippen LogP contribution is 2.38. The number of aryl methyl sites for hydroxylation is 1. The van der Waals surface area contributed by atoms with Gasteiger partial charge in [-0.25, -0.2) is 4.79 Å². The first kappa shape index (κ1) is 19.2. The molecule has 1 fully saturated rings. The molecule has 1 saturated heterocycles. The Balaban J connectivity index is 2.20. The van der Waals surface area contributed by atoms with E-state index in [2.05, 4.69) is 5.32 Å². The Morgan fingerprint density at radius 1 is 1.36 bits per heavy atom. The van der Waals surface area contributed by atoms with E-state index in [1.54, 1.807) is 6.92 Å². The highest BCUT2D eigenvalue weighted by molar-refractivity contribution is 6.31. The minimum Gasteiger partial charge on any atom is -0.495 e. The van der Waals surface area contributed by atoms with E-state index in [-0.39, 0.29) is 11.4 Å². The van der Waals surface area contributed by atoms with Crippen LogP contribution in [0.1, 0.15) is 5.56 Å². The smallest absolute Gasteiger partial charge is 0.394 e. The van der Waals surface area contributed by atoms with Crippen molar-refractivity contribution >= 4 is 29.3 Å². The standard InChI is InChI=1S/C15H16ClF3N2O4/c1-7-3-11(12(25-2)4-10(7)16)20-14(24)21-5-8(13(22)23)9(6-21)15(17,18)19/h3-4,8-9H,5-6H2,1-2H3,(H,20,24)(H,22,23)/t8-,9-/m1/s1. The SMILES string of the molecule is COc1cc(Cl)c(C)cc1NC(=O)N1C[C@@H](C(F)(F)F)[C@H](C(=O)O)C1. The van der Waals surface area contributed by atoms with E-state index < -0.39 is 43.1 Å². The van der Waals surface area contributed by atoms with Crippen LogP contribution in [-0.2, 0) is 4.79 Å². The number of ether oxygens (including phenoxy) is 1. The lowest BCUT2D eigenvalue weighted by molar-refractivity contribution is -0.187. The number of benzene rings is 1. The summed E-state index contributed by atoms with van der Waals surface area (Å²) >= 11 is 5.96. The number of rotatable bonds is 3. The molecule has 25 heavy (non-hydrogen) atoms. The van der Waals surface area contributed by atoms with Crippen LogP contribution in [0.3, 0.4) is 0 Å². The number of halogens is 4. The molecule has 0 aromatic heterocycles. The van der Waals surface area contributed by atoms with Gasteiger partial charge in [-0.05, 0) is 18.6 Å². The van der Waals surface area contributed by atoms with Gasteiger partial charge in [0.1, 0.15) is 5.75 Å². The van der Waals surface area contributed by atoms with Crippen LogP contribution in [0.15, 0.2) is 12.1 Å². The summed E-state index contributed by atoms with van der Waals surface area (Å²) in [7, 11) is 1.35. The number of likely N-dealkylation sites (tertiary alicyclic amines) is 1. The lowest BCUT2D eigenvalue weighted by atomic mass is 9.96. The summed E-state index contributed by atoms with van der Waals surface area (Å²) in [4.78, 5) is 24.2. The predicted molar refractivity (Wildman–Crippen MR) is 84.0 cm³/mol. The molecule has 2 rings (SSSR count). The maximum absolute atomic E-state index is 13.0. The molecule has 1 heterocycles. The molecule has 0 aliphatic carbocycles. The van der Waals surface area contributed by atoms with E-state index in [0.29, 0.717) is 10.6 Å². The molecule has 0 spiro atoms. The van der Waals surface area contributed by atoms with Gasteiger partial charge in [0.2, 0.25) is 0 Å². The van der Waals surface area contributed by atoms with Gasteiger partial charge in [-0.2, -0.15) is 13.2 Å². The Bertz CT molecular complexity index is 696. The van der Waals surface area contributed by atoms with Crippen molar-refractivity contribution in [3.63, 3.8) is 0 Å². The Hall–Kier alpha value is -2.16. The van der Waals surface area contributed by atoms with Crippen LogP contribution in [0, 0.1) is 18.8 Å². The summed E-state index contributed by atoms with van der Waals surface area (Å²) in [6.07, 6.45) is -4.70. The monoisotopic (exact) mass is 380 g/mol. The Morgan fingerprint density at radius 2 is 2.00 bits per heavy atom. The van der Waals surface area contributed by atoms with Crippen LogP contribution < -0.4 is 10.1 Å². The summed E-state index contributed by atoms with van der Waals surface area (Å²) in [5, 5.41) is 11.8. The highest BCUT2D eigenvalue weighted by atomic mass is 35.5. The van der Waals surface area contributed by atoms with Crippen LogP contribution >= 0.6 is 11.6 Å². The van der Waals surface area contributed by atoms with E-state index in [0.717, 1.165) is 4.90 Å². The molecule has 138 valence electrons. The zero-order valence-electron chi connectivity index (χ0n) is 13.4. The Kier molecular flexibility index (Phi) is 5.36. The first-order valence-electron chi connectivity index (χ1n) is 7.24. The normalized spacial score (nSPS) is 20.5. The summed E-state index contributed by atoms with van der Waals surface area (Å²) in [6, 6.07) is 2.15. The van der Waals surface area contributed by atoms with Crippen LogP contribution in [0.5, 0.6) is 5.75 Å². The number of carbonyl (C=O) groups is 2. The van der Waals surface area contributed by atoms with E-state index >= 15 is 0 Å². The quantitative estimate of drug-likeness (QED) is 0.842. The van der Waals surface area contributed by atoms with Crippen molar-refractivity contribution in [2.75, 3.05) is 25.5 Å². The van der Waals surface area contributed by atoms with Crippen LogP contribution in [-0.4, -0.2) is 48.4 Å².